The van der Waals surface area contributed by atoms with Crippen molar-refractivity contribution in [3.8, 4) is 0 Å². The fourth-order valence-corrected chi connectivity index (χ4v) is 3.45. The highest BCUT2D eigenvalue weighted by atomic mass is 32.2. The van der Waals surface area contributed by atoms with Crippen LogP contribution in [0.15, 0.2) is 48.5 Å². The Hall–Kier alpha value is -0.680. The summed E-state index contributed by atoms with van der Waals surface area (Å²) in [7, 11) is 0. The van der Waals surface area contributed by atoms with Gasteiger partial charge in [-0.05, 0) is 29.9 Å². The first-order chi connectivity index (χ1) is 10.1. The second kappa shape index (κ2) is 8.08. The van der Waals surface area contributed by atoms with Crippen LogP contribution in [0.1, 0.15) is 22.3 Å². The van der Waals surface area contributed by atoms with Gasteiger partial charge in [0, 0.05) is 5.75 Å². The van der Waals surface area contributed by atoms with Crippen molar-refractivity contribution in [3.05, 3.63) is 70.8 Å². The molecule has 21 heavy (non-hydrogen) atoms. The fraction of sp³-hybridized carbons (Fsp3) is 0.176. The van der Waals surface area contributed by atoms with Gasteiger partial charge in [-0.25, -0.2) is 0 Å². The van der Waals surface area contributed by atoms with Gasteiger partial charge < -0.3 is 0 Å². The van der Waals surface area contributed by atoms with Crippen molar-refractivity contribution in [2.45, 2.75) is 12.7 Å². The number of benzene rings is 2. The molecule has 0 aliphatic carbocycles. The molecule has 0 N–H and O–H groups in total. The molecule has 108 valence electrons. The molecule has 0 aliphatic rings. The molecule has 0 heterocycles. The second-order valence-electron chi connectivity index (χ2n) is 4.63. The van der Waals surface area contributed by atoms with Gasteiger partial charge in [-0.2, -0.15) is 0 Å². The van der Waals surface area contributed by atoms with E-state index >= 15 is 0 Å². The van der Waals surface area contributed by atoms with E-state index in [-0.39, 0.29) is 0 Å². The minimum atomic E-state index is 0.888. The maximum absolute atomic E-state index is 5.50. The normalized spacial score (nSPS) is 10.4. The van der Waals surface area contributed by atoms with E-state index in [1.165, 1.54) is 11.1 Å². The van der Waals surface area contributed by atoms with Crippen molar-refractivity contribution in [1.82, 2.24) is 0 Å². The fourth-order valence-electron chi connectivity index (χ4n) is 1.86. The number of rotatable bonds is 4. The Labute approximate surface area is 145 Å². The van der Waals surface area contributed by atoms with Crippen molar-refractivity contribution < 1.29 is 0 Å². The van der Waals surface area contributed by atoms with Crippen molar-refractivity contribution in [1.29, 1.82) is 0 Å². The lowest BCUT2D eigenvalue weighted by molar-refractivity contribution is 1.42. The van der Waals surface area contributed by atoms with Gasteiger partial charge in [-0.3, -0.25) is 0 Å². The molecule has 0 nitrogen and oxygen atoms in total. The highest BCUT2D eigenvalue weighted by Crippen LogP contribution is 2.21. The Balaban J connectivity index is 1.97. The minimum absolute atomic E-state index is 0.888. The maximum Gasteiger partial charge on any atom is 0.0781 e. The van der Waals surface area contributed by atoms with Gasteiger partial charge in [0.1, 0.15) is 0 Å². The Kier molecular flexibility index (Phi) is 6.42. The molecule has 0 aromatic heterocycles. The predicted octanol–water partition coefficient (Wildman–Crippen LogP) is 5.64. The van der Waals surface area contributed by atoms with Crippen molar-refractivity contribution in [2.75, 3.05) is 6.26 Å². The molecular formula is C17H16S4. The van der Waals surface area contributed by atoms with E-state index in [9.17, 15) is 0 Å². The lowest BCUT2D eigenvalue weighted by Crippen LogP contribution is -1.94. The van der Waals surface area contributed by atoms with Crippen LogP contribution >= 0.6 is 48.0 Å². The quantitative estimate of drug-likeness (QED) is 0.655. The summed E-state index contributed by atoms with van der Waals surface area (Å²) in [6, 6.07) is 16.8. The monoisotopic (exact) mass is 348 g/mol. The zero-order valence-corrected chi connectivity index (χ0v) is 15.2. The van der Waals surface area contributed by atoms with E-state index in [2.05, 4.69) is 55.5 Å². The molecule has 4 heteroatoms. The van der Waals surface area contributed by atoms with Gasteiger partial charge >= 0.3 is 0 Å². The van der Waals surface area contributed by atoms with Crippen LogP contribution in [-0.2, 0) is 5.75 Å². The topological polar surface area (TPSA) is 0 Å². The van der Waals surface area contributed by atoms with Gasteiger partial charge in [-0.1, -0.05) is 78.5 Å². The van der Waals surface area contributed by atoms with E-state index in [1.807, 2.05) is 6.26 Å². The Morgan fingerprint density at radius 3 is 2.29 bits per heavy atom. The van der Waals surface area contributed by atoms with Crippen LogP contribution in [0.5, 0.6) is 0 Å². The van der Waals surface area contributed by atoms with Gasteiger partial charge in [0.2, 0.25) is 0 Å². The van der Waals surface area contributed by atoms with Crippen molar-refractivity contribution >= 4 is 56.4 Å². The third-order valence-electron chi connectivity index (χ3n) is 3.00. The zero-order valence-electron chi connectivity index (χ0n) is 12.0. The highest BCUT2D eigenvalue weighted by Gasteiger charge is 2.04. The molecule has 0 atom stereocenters. The molecule has 0 radical (unpaired) electrons. The largest absolute Gasteiger partial charge is 0.117 e. The van der Waals surface area contributed by atoms with Crippen molar-refractivity contribution in [3.63, 3.8) is 0 Å². The molecule has 0 saturated heterocycles. The van der Waals surface area contributed by atoms with Crippen LogP contribution in [0, 0.1) is 6.92 Å². The number of thioether (sulfide) groups is 2. The SMILES string of the molecule is CSC(=S)c1ccc(CSC(=S)c2cccc(C)c2)cc1. The van der Waals surface area contributed by atoms with Crippen molar-refractivity contribution in [2.24, 2.45) is 0 Å². The lowest BCUT2D eigenvalue weighted by atomic mass is 10.2. The third-order valence-corrected chi connectivity index (χ3v) is 5.91. The summed E-state index contributed by atoms with van der Waals surface area (Å²) in [6.45, 7) is 2.09. The molecule has 0 fully saturated rings. The van der Waals surface area contributed by atoms with E-state index < -0.39 is 0 Å². The molecular weight excluding hydrogens is 332 g/mol. The minimum Gasteiger partial charge on any atom is -0.117 e. The molecule has 0 saturated carbocycles. The maximum atomic E-state index is 5.50. The Morgan fingerprint density at radius 1 is 0.952 bits per heavy atom. The third kappa shape index (κ3) is 4.92. The summed E-state index contributed by atoms with van der Waals surface area (Å²) in [6.07, 6.45) is 2.01. The summed E-state index contributed by atoms with van der Waals surface area (Å²) in [5.41, 5.74) is 4.76. The van der Waals surface area contributed by atoms with E-state index in [0.29, 0.717) is 0 Å². The van der Waals surface area contributed by atoms with Gasteiger partial charge in [0.25, 0.3) is 0 Å². The van der Waals surface area contributed by atoms with Crippen LogP contribution in [0.4, 0.5) is 0 Å². The molecule has 0 amide bonds. The number of aryl methyl sites for hydroxylation is 1. The average Bonchev–Trinajstić information content (AvgIpc) is 2.52. The predicted molar refractivity (Wildman–Crippen MR) is 106 cm³/mol. The zero-order chi connectivity index (χ0) is 15.2. The van der Waals surface area contributed by atoms with Crippen LogP contribution in [-0.4, -0.2) is 14.6 Å². The van der Waals surface area contributed by atoms with Crippen LogP contribution in [0.3, 0.4) is 0 Å². The standard InChI is InChI=1S/C17H16S4/c1-12-4-3-5-15(10-12)17(19)21-11-13-6-8-14(9-7-13)16(18)20-2/h3-10H,11H2,1-2H3. The Bertz CT molecular complexity index is 644. The molecule has 2 aromatic carbocycles. The molecule has 0 bridgehead atoms. The van der Waals surface area contributed by atoms with Gasteiger partial charge in [-0.15, -0.1) is 23.5 Å². The molecule has 2 aromatic rings. The second-order valence-corrected chi connectivity index (χ2v) is 7.77. The summed E-state index contributed by atoms with van der Waals surface area (Å²) in [4.78, 5) is 0. The average molecular weight is 349 g/mol. The Morgan fingerprint density at radius 2 is 1.67 bits per heavy atom. The van der Waals surface area contributed by atoms with Gasteiger partial charge in [0.05, 0.1) is 8.39 Å². The summed E-state index contributed by atoms with van der Waals surface area (Å²) in [5.74, 6) is 0.888. The van der Waals surface area contributed by atoms with E-state index in [1.54, 1.807) is 23.5 Å². The summed E-state index contributed by atoms with van der Waals surface area (Å²) in [5, 5.41) is 0. The molecule has 0 aliphatic heterocycles. The summed E-state index contributed by atoms with van der Waals surface area (Å²) < 4.78 is 1.88. The summed E-state index contributed by atoms with van der Waals surface area (Å²) >= 11 is 14.1. The first-order valence-corrected chi connectivity index (χ1v) is 9.54. The molecule has 0 unspecified atom stereocenters. The number of hydrogen-bond acceptors (Lipinski definition) is 4. The first-order valence-electron chi connectivity index (χ1n) is 6.51. The van der Waals surface area contributed by atoms with E-state index in [0.717, 1.165) is 25.3 Å². The first kappa shape index (κ1) is 16.7. The van der Waals surface area contributed by atoms with E-state index in [4.69, 9.17) is 24.4 Å². The van der Waals surface area contributed by atoms with Crippen LogP contribution in [0.25, 0.3) is 0 Å². The van der Waals surface area contributed by atoms with Gasteiger partial charge in [0.15, 0.2) is 0 Å². The molecule has 0 spiro atoms. The number of hydrogen-bond donors (Lipinski definition) is 0. The smallest absolute Gasteiger partial charge is 0.0781 e. The number of thiocarbonyl (C=S) groups is 2. The molecule has 2 rings (SSSR count). The highest BCUT2D eigenvalue weighted by molar-refractivity contribution is 8.23. The van der Waals surface area contributed by atoms with Crippen LogP contribution < -0.4 is 0 Å². The lowest BCUT2D eigenvalue weighted by Gasteiger charge is -2.06. The van der Waals surface area contributed by atoms with Crippen LogP contribution in [0.2, 0.25) is 0 Å².